The summed E-state index contributed by atoms with van der Waals surface area (Å²) in [7, 11) is -3.64. The minimum atomic E-state index is -3.64. The van der Waals surface area contributed by atoms with Crippen molar-refractivity contribution < 1.29 is 8.42 Å². The van der Waals surface area contributed by atoms with Crippen LogP contribution in [-0.4, -0.2) is 31.9 Å². The van der Waals surface area contributed by atoms with E-state index in [1.165, 1.54) is 5.56 Å². The zero-order valence-electron chi connectivity index (χ0n) is 18.1. The summed E-state index contributed by atoms with van der Waals surface area (Å²) in [6.45, 7) is 3.44. The van der Waals surface area contributed by atoms with Gasteiger partial charge in [-0.3, -0.25) is 9.21 Å². The third-order valence-electron chi connectivity index (χ3n) is 7.35. The summed E-state index contributed by atoms with van der Waals surface area (Å²) in [5.74, 6) is 0.192. The summed E-state index contributed by atoms with van der Waals surface area (Å²) in [5.41, 5.74) is 4.23. The Morgan fingerprint density at radius 2 is 1.59 bits per heavy atom. The van der Waals surface area contributed by atoms with Crippen LogP contribution < -0.4 is 4.31 Å². The molecule has 0 aromatic heterocycles. The van der Waals surface area contributed by atoms with Crippen molar-refractivity contribution in [3.05, 3.63) is 108 Å². The van der Waals surface area contributed by atoms with Crippen molar-refractivity contribution >= 4 is 15.7 Å². The van der Waals surface area contributed by atoms with Gasteiger partial charge in [0.2, 0.25) is 0 Å². The number of hydrogen-bond acceptors (Lipinski definition) is 3. The summed E-state index contributed by atoms with van der Waals surface area (Å²) in [5, 5.41) is 0. The number of nitrogens with zero attached hydrogens (tertiary/aromatic N) is 2. The zero-order chi connectivity index (χ0) is 21.9. The number of aryl methyl sites for hydroxylation is 1. The van der Waals surface area contributed by atoms with Gasteiger partial charge in [0.05, 0.1) is 16.6 Å². The Morgan fingerprint density at radius 3 is 2.38 bits per heavy atom. The SMILES string of the molecule is Cc1ccc(S(=O)(=O)N2CC[C@]34CN3[C@@H](c3ccccc3)C=C[C@H]4c3ccccc32)cc1. The van der Waals surface area contributed by atoms with Crippen LogP contribution >= 0.6 is 0 Å². The van der Waals surface area contributed by atoms with Crippen molar-refractivity contribution in [2.24, 2.45) is 0 Å². The van der Waals surface area contributed by atoms with E-state index in [0.717, 1.165) is 29.8 Å². The second-order valence-corrected chi connectivity index (χ2v) is 11.0. The molecule has 6 rings (SSSR count). The molecule has 3 aliphatic rings. The Labute approximate surface area is 189 Å². The van der Waals surface area contributed by atoms with Crippen molar-refractivity contribution in [3.8, 4) is 0 Å². The van der Waals surface area contributed by atoms with Crippen molar-refractivity contribution in [2.75, 3.05) is 17.4 Å². The van der Waals surface area contributed by atoms with E-state index in [1.54, 1.807) is 16.4 Å². The van der Waals surface area contributed by atoms with Gasteiger partial charge in [-0.15, -0.1) is 0 Å². The fourth-order valence-electron chi connectivity index (χ4n) is 5.60. The topological polar surface area (TPSA) is 40.4 Å². The van der Waals surface area contributed by atoms with E-state index < -0.39 is 10.0 Å². The monoisotopic (exact) mass is 442 g/mol. The summed E-state index contributed by atoms with van der Waals surface area (Å²) >= 11 is 0. The highest BCUT2D eigenvalue weighted by Crippen LogP contribution is 2.58. The smallest absolute Gasteiger partial charge is 0.264 e. The lowest BCUT2D eigenvalue weighted by Gasteiger charge is -2.32. The first kappa shape index (κ1) is 19.8. The van der Waals surface area contributed by atoms with E-state index in [9.17, 15) is 8.42 Å². The predicted molar refractivity (Wildman–Crippen MR) is 127 cm³/mol. The summed E-state index contributed by atoms with van der Waals surface area (Å²) in [6, 6.07) is 26.0. The maximum absolute atomic E-state index is 13.7. The molecule has 4 atom stereocenters. The number of rotatable bonds is 3. The van der Waals surface area contributed by atoms with Crippen LogP contribution in [0.2, 0.25) is 0 Å². The van der Waals surface area contributed by atoms with E-state index in [1.807, 2.05) is 43.3 Å². The van der Waals surface area contributed by atoms with Gasteiger partial charge in [0.15, 0.2) is 0 Å². The maximum Gasteiger partial charge on any atom is 0.264 e. The van der Waals surface area contributed by atoms with Crippen molar-refractivity contribution in [3.63, 3.8) is 0 Å². The van der Waals surface area contributed by atoms with Gasteiger partial charge in [0.25, 0.3) is 10.0 Å². The van der Waals surface area contributed by atoms with E-state index >= 15 is 0 Å². The number of para-hydroxylation sites is 1. The molecule has 3 heterocycles. The van der Waals surface area contributed by atoms with Crippen LogP contribution in [0.4, 0.5) is 5.69 Å². The van der Waals surface area contributed by atoms with Crippen LogP contribution in [-0.2, 0) is 10.0 Å². The highest BCUT2D eigenvalue weighted by atomic mass is 32.2. The lowest BCUT2D eigenvalue weighted by molar-refractivity contribution is 0.312. The molecule has 3 aromatic carbocycles. The minimum absolute atomic E-state index is 0.0249. The Morgan fingerprint density at radius 1 is 0.875 bits per heavy atom. The lowest BCUT2D eigenvalue weighted by atomic mass is 9.80. The molecule has 3 aromatic rings. The number of anilines is 1. The van der Waals surface area contributed by atoms with E-state index in [0.29, 0.717) is 11.4 Å². The van der Waals surface area contributed by atoms with Crippen LogP contribution in [0.15, 0.2) is 95.9 Å². The molecule has 3 aliphatic heterocycles. The molecule has 1 spiro atoms. The molecular formula is C27H26N2O2S. The van der Waals surface area contributed by atoms with Crippen molar-refractivity contribution in [2.45, 2.75) is 35.7 Å². The normalized spacial score (nSPS) is 28.3. The lowest BCUT2D eigenvalue weighted by Crippen LogP contribution is -2.35. The van der Waals surface area contributed by atoms with E-state index in [4.69, 9.17) is 0 Å². The Kier molecular flexibility index (Phi) is 4.36. The molecule has 0 radical (unpaired) electrons. The standard InChI is InChI=1S/C27H26N2O2S/c1-20-11-13-22(14-12-20)32(30,31)29-18-17-27-19-28(27)25(21-7-3-2-4-8-21)16-15-24(27)23-9-5-6-10-26(23)29/h2-16,24-25H,17-19H2,1H3/t24-,25+,27+,28?/m0/s1. The fraction of sp³-hybridized carbons (Fsp3) is 0.259. The molecule has 1 unspecified atom stereocenters. The third kappa shape index (κ3) is 2.88. The van der Waals surface area contributed by atoms with Gasteiger partial charge in [-0.25, -0.2) is 8.42 Å². The molecule has 0 saturated carbocycles. The number of fused-ring (bicyclic) bond motifs is 2. The van der Waals surface area contributed by atoms with Crippen LogP contribution in [0.3, 0.4) is 0 Å². The van der Waals surface area contributed by atoms with Crippen LogP contribution in [0.5, 0.6) is 0 Å². The van der Waals surface area contributed by atoms with Gasteiger partial charge in [0, 0.05) is 24.5 Å². The number of benzene rings is 3. The average molecular weight is 443 g/mol. The quantitative estimate of drug-likeness (QED) is 0.421. The van der Waals surface area contributed by atoms with Crippen LogP contribution in [0.1, 0.15) is 35.1 Å². The molecule has 5 heteroatoms. The van der Waals surface area contributed by atoms with Crippen LogP contribution in [0.25, 0.3) is 0 Å². The summed E-state index contributed by atoms with van der Waals surface area (Å²) in [4.78, 5) is 2.90. The highest BCUT2D eigenvalue weighted by Gasteiger charge is 2.62. The summed E-state index contributed by atoms with van der Waals surface area (Å²) < 4.78 is 29.1. The predicted octanol–water partition coefficient (Wildman–Crippen LogP) is 5.04. The van der Waals surface area contributed by atoms with Gasteiger partial charge in [0.1, 0.15) is 0 Å². The minimum Gasteiger partial charge on any atom is -0.283 e. The van der Waals surface area contributed by atoms with Crippen LogP contribution in [0, 0.1) is 6.92 Å². The Hall–Kier alpha value is -2.89. The molecule has 1 fully saturated rings. The third-order valence-corrected chi connectivity index (χ3v) is 9.18. The second-order valence-electron chi connectivity index (χ2n) is 9.15. The molecule has 4 nitrogen and oxygen atoms in total. The zero-order valence-corrected chi connectivity index (χ0v) is 18.9. The first-order valence-corrected chi connectivity index (χ1v) is 12.6. The van der Waals surface area contributed by atoms with Gasteiger partial charge >= 0.3 is 0 Å². The van der Waals surface area contributed by atoms with E-state index in [-0.39, 0.29) is 17.5 Å². The Bertz CT molecular complexity index is 1300. The summed E-state index contributed by atoms with van der Waals surface area (Å²) in [6.07, 6.45) is 5.43. The first-order chi connectivity index (χ1) is 15.5. The van der Waals surface area contributed by atoms with E-state index in [2.05, 4.69) is 47.4 Å². The first-order valence-electron chi connectivity index (χ1n) is 11.2. The molecule has 0 amide bonds. The molecule has 0 N–H and O–H groups in total. The largest absolute Gasteiger partial charge is 0.283 e. The average Bonchev–Trinajstić information content (AvgIpc) is 3.57. The molecule has 162 valence electrons. The second kappa shape index (κ2) is 7.06. The maximum atomic E-state index is 13.7. The molecule has 32 heavy (non-hydrogen) atoms. The number of sulfonamides is 1. The molecule has 1 saturated heterocycles. The van der Waals surface area contributed by atoms with Gasteiger partial charge in [-0.1, -0.05) is 78.4 Å². The molecule has 0 bridgehead atoms. The molecule has 0 aliphatic carbocycles. The Balaban J connectivity index is 1.43. The van der Waals surface area contributed by atoms with Crippen molar-refractivity contribution in [1.82, 2.24) is 4.90 Å². The highest BCUT2D eigenvalue weighted by molar-refractivity contribution is 7.92. The van der Waals surface area contributed by atoms with Crippen molar-refractivity contribution in [1.29, 1.82) is 0 Å². The number of hydrogen-bond donors (Lipinski definition) is 0. The van der Waals surface area contributed by atoms with Gasteiger partial charge < -0.3 is 0 Å². The molecular weight excluding hydrogens is 416 g/mol. The van der Waals surface area contributed by atoms with Gasteiger partial charge in [-0.2, -0.15) is 0 Å². The van der Waals surface area contributed by atoms with Gasteiger partial charge in [-0.05, 0) is 42.7 Å². The fourth-order valence-corrected chi connectivity index (χ4v) is 7.10.